The third-order valence-electron chi connectivity index (χ3n) is 1.52. The van der Waals surface area contributed by atoms with Gasteiger partial charge in [-0.2, -0.15) is 5.26 Å². The summed E-state index contributed by atoms with van der Waals surface area (Å²) in [5.74, 6) is 0.587. The van der Waals surface area contributed by atoms with E-state index in [1.807, 2.05) is 0 Å². The normalized spacial score (nSPS) is 12.5. The van der Waals surface area contributed by atoms with Gasteiger partial charge in [0.25, 0.3) is 0 Å². The molecular weight excluding hydrogens is 190 g/mol. The fraction of sp³-hybridized carbons (Fsp3) is 0.875. The van der Waals surface area contributed by atoms with Gasteiger partial charge in [0.2, 0.25) is 0 Å². The van der Waals surface area contributed by atoms with Crippen LogP contribution >= 0.6 is 15.9 Å². The fourth-order valence-electron chi connectivity index (χ4n) is 0.845. The summed E-state index contributed by atoms with van der Waals surface area (Å²) < 4.78 is 0. The molecule has 2 heteroatoms. The highest BCUT2D eigenvalue weighted by Crippen LogP contribution is 2.11. The van der Waals surface area contributed by atoms with Crippen LogP contribution in [-0.2, 0) is 0 Å². The van der Waals surface area contributed by atoms with Crippen LogP contribution in [0.4, 0.5) is 0 Å². The average Bonchev–Trinajstić information content (AvgIpc) is 1.89. The van der Waals surface area contributed by atoms with Crippen LogP contribution in [0.15, 0.2) is 0 Å². The molecule has 0 aliphatic rings. The smallest absolute Gasteiger partial charge is 0.0624 e. The highest BCUT2D eigenvalue weighted by Gasteiger charge is 1.99. The number of nitrogens with zero attached hydrogens (tertiary/aromatic N) is 1. The van der Waals surface area contributed by atoms with Crippen LogP contribution in [0.3, 0.4) is 0 Å². The van der Waals surface area contributed by atoms with Crippen molar-refractivity contribution in [1.82, 2.24) is 0 Å². The van der Waals surface area contributed by atoms with E-state index in [2.05, 4.69) is 28.9 Å². The van der Waals surface area contributed by atoms with Crippen molar-refractivity contribution in [1.29, 1.82) is 5.26 Å². The van der Waals surface area contributed by atoms with Gasteiger partial charge < -0.3 is 0 Å². The number of nitriles is 1. The molecule has 0 aliphatic carbocycles. The van der Waals surface area contributed by atoms with Gasteiger partial charge in [-0.15, -0.1) is 0 Å². The van der Waals surface area contributed by atoms with Crippen LogP contribution in [0.2, 0.25) is 0 Å². The van der Waals surface area contributed by atoms with Gasteiger partial charge in [-0.05, 0) is 18.8 Å². The first-order chi connectivity index (χ1) is 4.81. The molecule has 0 rings (SSSR count). The Hall–Kier alpha value is -0.0300. The first kappa shape index (κ1) is 9.97. The zero-order chi connectivity index (χ0) is 7.82. The summed E-state index contributed by atoms with van der Waals surface area (Å²) in [6.45, 7) is 2.14. The van der Waals surface area contributed by atoms with Crippen LogP contribution in [0.1, 0.15) is 32.6 Å². The zero-order valence-electron chi connectivity index (χ0n) is 6.44. The third kappa shape index (κ3) is 6.10. The van der Waals surface area contributed by atoms with Crippen molar-refractivity contribution in [2.45, 2.75) is 32.6 Å². The van der Waals surface area contributed by atoms with Crippen molar-refractivity contribution in [3.63, 3.8) is 0 Å². The van der Waals surface area contributed by atoms with E-state index in [-0.39, 0.29) is 0 Å². The number of hydrogen-bond acceptors (Lipinski definition) is 1. The van der Waals surface area contributed by atoms with Crippen molar-refractivity contribution in [3.8, 4) is 6.07 Å². The molecule has 0 aliphatic heterocycles. The van der Waals surface area contributed by atoms with Crippen LogP contribution < -0.4 is 0 Å². The predicted molar refractivity (Wildman–Crippen MR) is 47.0 cm³/mol. The monoisotopic (exact) mass is 203 g/mol. The molecule has 0 radical (unpaired) electrons. The molecule has 1 nitrogen and oxygen atoms in total. The molecule has 0 aromatic rings. The van der Waals surface area contributed by atoms with Gasteiger partial charge >= 0.3 is 0 Å². The Labute approximate surface area is 71.6 Å². The zero-order valence-corrected chi connectivity index (χ0v) is 8.02. The van der Waals surface area contributed by atoms with Crippen molar-refractivity contribution < 1.29 is 0 Å². The SMILES string of the molecule is CC(CC#N)CCCCBr. The Kier molecular flexibility index (Phi) is 7.06. The second kappa shape index (κ2) is 7.08. The van der Waals surface area contributed by atoms with Crippen molar-refractivity contribution >= 4 is 15.9 Å². The highest BCUT2D eigenvalue weighted by atomic mass is 79.9. The van der Waals surface area contributed by atoms with Gasteiger partial charge in [-0.1, -0.05) is 29.3 Å². The molecule has 1 unspecified atom stereocenters. The van der Waals surface area contributed by atoms with Gasteiger partial charge in [0.15, 0.2) is 0 Å². The number of alkyl halides is 1. The second-order valence-corrected chi connectivity index (χ2v) is 3.45. The van der Waals surface area contributed by atoms with E-state index < -0.39 is 0 Å². The molecule has 0 heterocycles. The first-order valence-corrected chi connectivity index (χ1v) is 4.86. The molecular formula is C8H14BrN. The number of unbranched alkanes of at least 4 members (excludes halogenated alkanes) is 1. The predicted octanol–water partition coefficient (Wildman–Crippen LogP) is 3.10. The van der Waals surface area contributed by atoms with Gasteiger partial charge in [0, 0.05) is 11.8 Å². The van der Waals surface area contributed by atoms with Crippen molar-refractivity contribution in [2.75, 3.05) is 5.33 Å². The molecule has 0 bridgehead atoms. The first-order valence-electron chi connectivity index (χ1n) is 3.74. The maximum Gasteiger partial charge on any atom is 0.0624 e. The Morgan fingerprint density at radius 3 is 2.70 bits per heavy atom. The van der Waals surface area contributed by atoms with E-state index in [0.717, 1.165) is 5.33 Å². The summed E-state index contributed by atoms with van der Waals surface area (Å²) in [7, 11) is 0. The van der Waals surface area contributed by atoms with Crippen LogP contribution in [-0.4, -0.2) is 5.33 Å². The largest absolute Gasteiger partial charge is 0.198 e. The summed E-state index contributed by atoms with van der Waals surface area (Å²) in [4.78, 5) is 0. The molecule has 0 saturated heterocycles. The lowest BCUT2D eigenvalue weighted by Gasteiger charge is -2.03. The lowest BCUT2D eigenvalue weighted by molar-refractivity contribution is 0.518. The van der Waals surface area contributed by atoms with Gasteiger partial charge in [0.1, 0.15) is 0 Å². The van der Waals surface area contributed by atoms with Crippen molar-refractivity contribution in [3.05, 3.63) is 0 Å². The third-order valence-corrected chi connectivity index (χ3v) is 2.08. The van der Waals surface area contributed by atoms with E-state index in [1.54, 1.807) is 0 Å². The molecule has 58 valence electrons. The number of rotatable bonds is 5. The number of hydrogen-bond donors (Lipinski definition) is 0. The number of halogens is 1. The Morgan fingerprint density at radius 1 is 1.50 bits per heavy atom. The van der Waals surface area contributed by atoms with E-state index in [1.165, 1.54) is 19.3 Å². The Morgan fingerprint density at radius 2 is 2.20 bits per heavy atom. The summed E-state index contributed by atoms with van der Waals surface area (Å²) in [5, 5.41) is 9.42. The highest BCUT2D eigenvalue weighted by molar-refractivity contribution is 9.09. The van der Waals surface area contributed by atoms with Gasteiger partial charge in [-0.3, -0.25) is 0 Å². The Balaban J connectivity index is 3.06. The summed E-state index contributed by atoms with van der Waals surface area (Å²) in [5.41, 5.74) is 0. The molecule has 0 amide bonds. The van der Waals surface area contributed by atoms with E-state index >= 15 is 0 Å². The van der Waals surface area contributed by atoms with Crippen molar-refractivity contribution in [2.24, 2.45) is 5.92 Å². The molecule has 0 aromatic heterocycles. The van der Waals surface area contributed by atoms with Crippen LogP contribution in [0, 0.1) is 17.2 Å². The minimum Gasteiger partial charge on any atom is -0.198 e. The Bertz CT molecular complexity index is 106. The fourth-order valence-corrected chi connectivity index (χ4v) is 1.24. The molecule has 1 atom stereocenters. The maximum atomic E-state index is 8.33. The standard InChI is InChI=1S/C8H14BrN/c1-8(5-7-10)4-2-3-6-9/h8H,2-6H2,1H3. The maximum absolute atomic E-state index is 8.33. The van der Waals surface area contributed by atoms with Crippen LogP contribution in [0.25, 0.3) is 0 Å². The van der Waals surface area contributed by atoms with E-state index in [4.69, 9.17) is 5.26 Å². The minimum absolute atomic E-state index is 0.587. The minimum atomic E-state index is 0.587. The lowest BCUT2D eigenvalue weighted by atomic mass is 10.0. The summed E-state index contributed by atoms with van der Waals surface area (Å²) in [6.07, 6.45) is 4.38. The second-order valence-electron chi connectivity index (χ2n) is 2.65. The molecule has 0 saturated carbocycles. The van der Waals surface area contributed by atoms with E-state index in [9.17, 15) is 0 Å². The average molecular weight is 204 g/mol. The van der Waals surface area contributed by atoms with Gasteiger partial charge in [0.05, 0.1) is 6.07 Å². The topological polar surface area (TPSA) is 23.8 Å². The molecule has 0 spiro atoms. The molecule has 0 N–H and O–H groups in total. The van der Waals surface area contributed by atoms with Gasteiger partial charge in [-0.25, -0.2) is 0 Å². The summed E-state index contributed by atoms with van der Waals surface area (Å²) >= 11 is 3.37. The van der Waals surface area contributed by atoms with E-state index in [0.29, 0.717) is 12.3 Å². The lowest BCUT2D eigenvalue weighted by Crippen LogP contribution is -1.92. The summed E-state index contributed by atoms with van der Waals surface area (Å²) in [6, 6.07) is 2.18. The molecule has 0 fully saturated rings. The molecule has 10 heavy (non-hydrogen) atoms. The molecule has 0 aromatic carbocycles. The quantitative estimate of drug-likeness (QED) is 0.498. The van der Waals surface area contributed by atoms with Crippen LogP contribution in [0.5, 0.6) is 0 Å².